The van der Waals surface area contributed by atoms with E-state index in [1.165, 1.54) is 23.8 Å². The summed E-state index contributed by atoms with van der Waals surface area (Å²) in [5.74, 6) is -3.15. The summed E-state index contributed by atoms with van der Waals surface area (Å²) in [6.45, 7) is 2.51. The van der Waals surface area contributed by atoms with Crippen molar-refractivity contribution >= 4 is 58.8 Å². The average molecular weight is 524 g/mol. The zero-order chi connectivity index (χ0) is 25.5. The van der Waals surface area contributed by atoms with Crippen LogP contribution in [0.5, 0.6) is 0 Å². The van der Waals surface area contributed by atoms with Crippen molar-refractivity contribution in [3.05, 3.63) is 0 Å². The Kier molecular flexibility index (Phi) is 9.94. The van der Waals surface area contributed by atoms with Gasteiger partial charge in [-0.25, -0.2) is 4.79 Å². The third-order valence-corrected chi connectivity index (χ3v) is 6.60. The number of rotatable bonds is 11. The van der Waals surface area contributed by atoms with E-state index in [2.05, 4.69) is 15.3 Å². The molecule has 3 atom stereocenters. The standard InChI is InChI=1S/C19H26ClN3O10S/c1-10(2)33-18(28)32-9-31-17(27)19(7-29-3)6-23-15(26)13(16(23)34-8-19)21-14(25)12(22-30-4)11(24)5-20/h10,13,16H,5-9H2,1-4H3,(H,21,25)/t13?,16-,19?/m1/s1. The first-order chi connectivity index (χ1) is 16.1. The first-order valence-corrected chi connectivity index (χ1v) is 11.6. The molecule has 0 aromatic carbocycles. The molecule has 2 amide bonds. The molecule has 2 unspecified atom stereocenters. The van der Waals surface area contributed by atoms with Crippen molar-refractivity contribution in [2.75, 3.05) is 45.8 Å². The van der Waals surface area contributed by atoms with Gasteiger partial charge in [0.2, 0.25) is 24.2 Å². The SMILES string of the molecule is COCC1(C(=O)OCOC(=O)OC(C)C)CS[C@@H]2C(NC(=O)C(=NOC)C(=O)CCl)C(=O)N2C1. The van der Waals surface area contributed by atoms with Crippen molar-refractivity contribution in [2.24, 2.45) is 10.6 Å². The third-order valence-electron chi connectivity index (χ3n) is 4.77. The van der Waals surface area contributed by atoms with Crippen LogP contribution in [0.2, 0.25) is 0 Å². The summed E-state index contributed by atoms with van der Waals surface area (Å²) in [6.07, 6.45) is -1.38. The Bertz CT molecular complexity index is 854. The molecule has 0 aliphatic carbocycles. The van der Waals surface area contributed by atoms with Gasteiger partial charge < -0.3 is 34.0 Å². The topological polar surface area (TPSA) is 159 Å². The van der Waals surface area contributed by atoms with E-state index in [0.717, 1.165) is 7.11 Å². The number of methoxy groups -OCH3 is 1. The molecule has 1 N–H and O–H groups in total. The van der Waals surface area contributed by atoms with Crippen molar-refractivity contribution < 1.29 is 47.8 Å². The summed E-state index contributed by atoms with van der Waals surface area (Å²) in [5, 5.41) is 5.35. The van der Waals surface area contributed by atoms with E-state index >= 15 is 0 Å². The van der Waals surface area contributed by atoms with Crippen molar-refractivity contribution in [2.45, 2.75) is 31.4 Å². The summed E-state index contributed by atoms with van der Waals surface area (Å²) in [5.41, 5.74) is -1.78. The zero-order valence-corrected chi connectivity index (χ0v) is 20.6. The Morgan fingerprint density at radius 1 is 1.26 bits per heavy atom. The van der Waals surface area contributed by atoms with Gasteiger partial charge in [-0.05, 0) is 13.8 Å². The van der Waals surface area contributed by atoms with E-state index in [1.54, 1.807) is 13.8 Å². The van der Waals surface area contributed by atoms with Crippen LogP contribution in [-0.2, 0) is 43.0 Å². The Morgan fingerprint density at radius 2 is 1.97 bits per heavy atom. The number of carbonyl (C=O) groups is 5. The first-order valence-electron chi connectivity index (χ1n) is 10.0. The highest BCUT2D eigenvalue weighted by molar-refractivity contribution is 8.00. The molecular formula is C19H26ClN3O10S. The third kappa shape index (κ3) is 6.30. The van der Waals surface area contributed by atoms with Gasteiger partial charge >= 0.3 is 12.1 Å². The van der Waals surface area contributed by atoms with Crippen LogP contribution in [-0.4, -0.2) is 104 Å². The number of hydrogen-bond donors (Lipinski definition) is 1. The monoisotopic (exact) mass is 523 g/mol. The minimum absolute atomic E-state index is 0.0430. The van der Waals surface area contributed by atoms with E-state index in [-0.39, 0.29) is 18.9 Å². The fourth-order valence-corrected chi connectivity index (χ4v) is 4.91. The molecule has 0 bridgehead atoms. The number of esters is 1. The van der Waals surface area contributed by atoms with Crippen LogP contribution in [0.15, 0.2) is 5.16 Å². The minimum Gasteiger partial charge on any atom is -0.431 e. The van der Waals surface area contributed by atoms with Gasteiger partial charge in [-0.2, -0.15) is 0 Å². The van der Waals surface area contributed by atoms with Gasteiger partial charge in [0, 0.05) is 19.4 Å². The molecule has 13 nitrogen and oxygen atoms in total. The van der Waals surface area contributed by atoms with Crippen LogP contribution < -0.4 is 5.32 Å². The normalized spacial score (nSPS) is 24.0. The number of ketones is 1. The molecular weight excluding hydrogens is 498 g/mol. The summed E-state index contributed by atoms with van der Waals surface area (Å²) < 4.78 is 19.8. The lowest BCUT2D eigenvalue weighted by Gasteiger charge is -2.53. The highest BCUT2D eigenvalue weighted by Gasteiger charge is 2.58. The number of hydrogen-bond acceptors (Lipinski definition) is 12. The quantitative estimate of drug-likeness (QED) is 0.0732. The molecule has 15 heteroatoms. The smallest absolute Gasteiger partial charge is 0.431 e. The van der Waals surface area contributed by atoms with E-state index in [4.69, 9.17) is 30.5 Å². The van der Waals surface area contributed by atoms with Gasteiger partial charge in [-0.15, -0.1) is 23.4 Å². The fraction of sp³-hybridized carbons (Fsp3) is 0.684. The summed E-state index contributed by atoms with van der Waals surface area (Å²) in [4.78, 5) is 67.0. The molecule has 0 saturated carbocycles. The predicted molar refractivity (Wildman–Crippen MR) is 118 cm³/mol. The molecule has 0 aromatic rings. The number of Topliss-reactive ketones (excluding diaryl/α,β-unsaturated/α-hetero) is 1. The molecule has 2 aliphatic heterocycles. The Morgan fingerprint density at radius 3 is 2.56 bits per heavy atom. The number of fused-ring (bicyclic) bond motifs is 1. The molecule has 34 heavy (non-hydrogen) atoms. The number of oxime groups is 1. The number of nitrogens with one attached hydrogen (secondary N) is 1. The van der Waals surface area contributed by atoms with Gasteiger partial charge in [0.05, 0.1) is 18.6 Å². The van der Waals surface area contributed by atoms with E-state index < -0.39 is 71.0 Å². The highest BCUT2D eigenvalue weighted by atomic mass is 35.5. The maximum Gasteiger partial charge on any atom is 0.511 e. The van der Waals surface area contributed by atoms with Gasteiger partial charge in [0.1, 0.15) is 23.9 Å². The molecule has 2 aliphatic rings. The molecule has 2 saturated heterocycles. The summed E-state index contributed by atoms with van der Waals surface area (Å²) in [7, 11) is 2.56. The van der Waals surface area contributed by atoms with Crippen molar-refractivity contribution in [3.8, 4) is 0 Å². The van der Waals surface area contributed by atoms with E-state index in [9.17, 15) is 24.0 Å². The van der Waals surface area contributed by atoms with Crippen molar-refractivity contribution in [1.29, 1.82) is 0 Å². The van der Waals surface area contributed by atoms with Crippen molar-refractivity contribution in [3.63, 3.8) is 0 Å². The summed E-state index contributed by atoms with van der Waals surface area (Å²) in [6, 6.07) is -0.937. The van der Waals surface area contributed by atoms with Gasteiger partial charge in [0.25, 0.3) is 5.91 Å². The zero-order valence-electron chi connectivity index (χ0n) is 19.0. The lowest BCUT2D eigenvalue weighted by Crippen LogP contribution is -2.74. The number of halogens is 1. The van der Waals surface area contributed by atoms with Gasteiger partial charge in [-0.1, -0.05) is 5.16 Å². The van der Waals surface area contributed by atoms with E-state index in [1.807, 2.05) is 0 Å². The molecule has 0 radical (unpaired) electrons. The second-order valence-corrected chi connectivity index (χ2v) is 8.99. The van der Waals surface area contributed by atoms with Crippen LogP contribution in [0.1, 0.15) is 13.8 Å². The van der Waals surface area contributed by atoms with Crippen LogP contribution in [0, 0.1) is 5.41 Å². The number of nitrogens with zero attached hydrogens (tertiary/aromatic N) is 2. The largest absolute Gasteiger partial charge is 0.511 e. The van der Waals surface area contributed by atoms with Crippen LogP contribution in [0.4, 0.5) is 4.79 Å². The minimum atomic E-state index is -1.22. The molecule has 2 heterocycles. The second-order valence-electron chi connectivity index (χ2n) is 7.62. The second kappa shape index (κ2) is 12.2. The number of thioether (sulfide) groups is 1. The average Bonchev–Trinajstić information content (AvgIpc) is 2.79. The van der Waals surface area contributed by atoms with Crippen LogP contribution in [0.25, 0.3) is 0 Å². The Balaban J connectivity index is 2.00. The number of amides is 2. The number of alkyl halides is 1. The molecule has 0 aromatic heterocycles. The highest BCUT2D eigenvalue weighted by Crippen LogP contribution is 2.42. The van der Waals surface area contributed by atoms with Gasteiger partial charge in [-0.3, -0.25) is 19.2 Å². The molecule has 0 spiro atoms. The summed E-state index contributed by atoms with van der Waals surface area (Å²) >= 11 is 6.71. The molecule has 2 fully saturated rings. The van der Waals surface area contributed by atoms with E-state index in [0.29, 0.717) is 0 Å². The van der Waals surface area contributed by atoms with Crippen LogP contribution in [0.3, 0.4) is 0 Å². The first kappa shape index (κ1) is 27.7. The van der Waals surface area contributed by atoms with Crippen molar-refractivity contribution in [1.82, 2.24) is 10.2 Å². The maximum atomic E-state index is 12.8. The van der Waals surface area contributed by atoms with Gasteiger partial charge in [0.15, 0.2) is 0 Å². The Labute approximate surface area is 204 Å². The molecule has 2 rings (SSSR count). The number of ether oxygens (including phenoxy) is 4. The number of β-lactam (4-membered cyclic amide) rings is 1. The predicted octanol–water partition coefficient (Wildman–Crippen LogP) is -0.108. The fourth-order valence-electron chi connectivity index (χ4n) is 3.27. The Hall–Kier alpha value is -2.58. The van der Waals surface area contributed by atoms with Crippen LogP contribution >= 0.6 is 23.4 Å². The molecule has 190 valence electrons. The number of carbonyl (C=O) groups excluding carboxylic acids is 5. The lowest BCUT2D eigenvalue weighted by atomic mass is 9.88. The lowest BCUT2D eigenvalue weighted by molar-refractivity contribution is -0.173. The maximum absolute atomic E-state index is 12.8.